The van der Waals surface area contributed by atoms with Gasteiger partial charge < -0.3 is 26.8 Å². The molecule has 1 fully saturated rings. The van der Waals surface area contributed by atoms with Crippen molar-refractivity contribution >= 4 is 38.0 Å². The zero-order valence-corrected chi connectivity index (χ0v) is 32.7. The molecule has 0 heterocycles. The van der Waals surface area contributed by atoms with E-state index >= 15 is 0 Å². The van der Waals surface area contributed by atoms with Crippen LogP contribution in [0.2, 0.25) is 0 Å². The van der Waals surface area contributed by atoms with Crippen molar-refractivity contribution in [2.45, 2.75) is 142 Å². The predicted octanol–water partition coefficient (Wildman–Crippen LogP) is 8.49. The second-order valence-corrected chi connectivity index (χ2v) is 16.9. The van der Waals surface area contributed by atoms with Gasteiger partial charge in [0.2, 0.25) is 0 Å². The van der Waals surface area contributed by atoms with Crippen molar-refractivity contribution in [3.8, 4) is 11.5 Å². The standard InChI is InChI=1S/C38H58N2O3.In/c1-34(2,3)25-17-23(32(42)28(21-25)36(7,8)9)19-27(38(40)16-14-13-15-31(38)39)30(41)20-24-18-26(35(4,5)6)22-29(33(24)43)37(10,11)12;/h17-22,31,41-43H,13-16,39-40H2,1-12H3;. The number of phenolic OH excluding ortho intramolecular Hbond substituents is 2. The minimum absolute atomic E-state index is 0. The van der Waals surface area contributed by atoms with E-state index in [2.05, 4.69) is 95.2 Å². The summed E-state index contributed by atoms with van der Waals surface area (Å²) >= 11 is 0. The van der Waals surface area contributed by atoms with Gasteiger partial charge in [0.15, 0.2) is 0 Å². The van der Waals surface area contributed by atoms with E-state index in [0.717, 1.165) is 41.5 Å². The van der Waals surface area contributed by atoms with Crippen molar-refractivity contribution in [3.63, 3.8) is 0 Å². The molecule has 2 unspecified atom stereocenters. The average Bonchev–Trinajstić information content (AvgIpc) is 2.83. The summed E-state index contributed by atoms with van der Waals surface area (Å²) in [7, 11) is 0. The summed E-state index contributed by atoms with van der Waals surface area (Å²) in [5, 5.41) is 35.1. The van der Waals surface area contributed by atoms with Crippen LogP contribution in [0.25, 0.3) is 12.2 Å². The number of rotatable bonds is 4. The maximum Gasteiger partial charge on any atom is 0.126 e. The molecule has 44 heavy (non-hydrogen) atoms. The van der Waals surface area contributed by atoms with Crippen molar-refractivity contribution in [1.82, 2.24) is 0 Å². The molecule has 3 rings (SSSR count). The molecular weight excluding hydrogens is 647 g/mol. The fraction of sp³-hybridized carbons (Fsp3) is 0.579. The Balaban J connectivity index is 0.00000675. The Morgan fingerprint density at radius 1 is 0.705 bits per heavy atom. The van der Waals surface area contributed by atoms with Crippen LogP contribution in [0.3, 0.4) is 0 Å². The van der Waals surface area contributed by atoms with Crippen molar-refractivity contribution < 1.29 is 15.3 Å². The summed E-state index contributed by atoms with van der Waals surface area (Å²) in [6.07, 6.45) is 6.64. The van der Waals surface area contributed by atoms with E-state index < -0.39 is 5.54 Å². The second-order valence-electron chi connectivity index (χ2n) is 16.9. The van der Waals surface area contributed by atoms with Crippen LogP contribution in [0.5, 0.6) is 11.5 Å². The van der Waals surface area contributed by atoms with E-state index in [9.17, 15) is 15.3 Å². The molecule has 241 valence electrons. The van der Waals surface area contributed by atoms with Gasteiger partial charge in [-0.15, -0.1) is 0 Å². The number of benzene rings is 2. The average molecular weight is 706 g/mol. The maximum absolute atomic E-state index is 12.0. The number of phenols is 2. The molecule has 1 aliphatic rings. The molecule has 7 N–H and O–H groups in total. The van der Waals surface area contributed by atoms with Crippen molar-refractivity contribution in [3.05, 3.63) is 69.0 Å². The molecule has 5 nitrogen and oxygen atoms in total. The quantitative estimate of drug-likeness (QED) is 0.162. The zero-order chi connectivity index (χ0) is 32.9. The van der Waals surface area contributed by atoms with E-state index in [1.807, 2.05) is 18.2 Å². The van der Waals surface area contributed by atoms with Crippen LogP contribution in [0.15, 0.2) is 35.6 Å². The first-order valence-corrected chi connectivity index (χ1v) is 15.8. The van der Waals surface area contributed by atoms with Gasteiger partial charge in [-0.2, -0.15) is 0 Å². The topological polar surface area (TPSA) is 113 Å². The van der Waals surface area contributed by atoms with E-state index in [-0.39, 0.29) is 70.8 Å². The summed E-state index contributed by atoms with van der Waals surface area (Å²) in [5.41, 5.74) is 17.2. The summed E-state index contributed by atoms with van der Waals surface area (Å²) in [6.45, 7) is 25.3. The predicted molar refractivity (Wildman–Crippen MR) is 189 cm³/mol. The van der Waals surface area contributed by atoms with Crippen LogP contribution in [-0.2, 0) is 21.7 Å². The van der Waals surface area contributed by atoms with Crippen LogP contribution in [-0.4, -0.2) is 52.7 Å². The third-order valence-electron chi connectivity index (χ3n) is 9.01. The molecule has 0 amide bonds. The number of aliphatic hydroxyl groups excluding tert-OH is 1. The molecule has 3 radical (unpaired) electrons. The Bertz CT molecular complexity index is 1410. The van der Waals surface area contributed by atoms with Gasteiger partial charge in [0.25, 0.3) is 0 Å². The summed E-state index contributed by atoms with van der Waals surface area (Å²) in [6, 6.07) is 7.70. The number of hydrogen-bond donors (Lipinski definition) is 5. The summed E-state index contributed by atoms with van der Waals surface area (Å²) in [5.74, 6) is 0.253. The molecule has 0 aromatic heterocycles. The van der Waals surface area contributed by atoms with E-state index in [0.29, 0.717) is 23.1 Å². The Labute approximate surface area is 286 Å². The number of aliphatic hydroxyl groups is 1. The molecule has 2 atom stereocenters. The van der Waals surface area contributed by atoms with Crippen LogP contribution < -0.4 is 11.5 Å². The molecule has 0 aliphatic heterocycles. The third kappa shape index (κ3) is 8.27. The molecule has 1 aliphatic carbocycles. The summed E-state index contributed by atoms with van der Waals surface area (Å²) < 4.78 is 0. The van der Waals surface area contributed by atoms with Gasteiger partial charge >= 0.3 is 0 Å². The molecule has 2 aromatic carbocycles. The number of hydrogen-bond acceptors (Lipinski definition) is 5. The van der Waals surface area contributed by atoms with Gasteiger partial charge in [-0.05, 0) is 69.9 Å². The molecule has 2 aromatic rings. The van der Waals surface area contributed by atoms with E-state index in [1.165, 1.54) is 0 Å². The SMILES string of the molecule is CC(C)(C)c1cc(C=C(O)C(=Cc2cc(C(C)(C)C)cc(C(C)(C)C)c2O)C2(N)CCCCC2N)c(O)c(C(C)(C)C)c1.[In]. The van der Waals surface area contributed by atoms with Gasteiger partial charge in [-0.3, -0.25) is 0 Å². The van der Waals surface area contributed by atoms with Crippen LogP contribution in [0, 0.1) is 0 Å². The number of nitrogens with two attached hydrogens (primary N) is 2. The first-order valence-electron chi connectivity index (χ1n) is 15.8. The van der Waals surface area contributed by atoms with Crippen LogP contribution in [0.4, 0.5) is 0 Å². The first kappa shape index (κ1) is 38.3. The summed E-state index contributed by atoms with van der Waals surface area (Å²) in [4.78, 5) is 0. The normalized spacial score (nSPS) is 20.8. The minimum atomic E-state index is -1.02. The monoisotopic (exact) mass is 705 g/mol. The molecule has 6 heteroatoms. The van der Waals surface area contributed by atoms with Gasteiger partial charge in [-0.25, -0.2) is 0 Å². The van der Waals surface area contributed by atoms with Crippen molar-refractivity contribution in [2.24, 2.45) is 11.5 Å². The Hall–Kier alpha value is -1.89. The molecule has 0 saturated heterocycles. The maximum atomic E-state index is 12.0. The largest absolute Gasteiger partial charge is 0.508 e. The fourth-order valence-corrected chi connectivity index (χ4v) is 5.93. The Morgan fingerprint density at radius 2 is 1.11 bits per heavy atom. The van der Waals surface area contributed by atoms with Crippen molar-refractivity contribution in [1.29, 1.82) is 0 Å². The molecule has 0 bridgehead atoms. The smallest absolute Gasteiger partial charge is 0.126 e. The fourth-order valence-electron chi connectivity index (χ4n) is 5.93. The number of aromatic hydroxyl groups is 2. The van der Waals surface area contributed by atoms with Gasteiger partial charge in [-0.1, -0.05) is 108 Å². The van der Waals surface area contributed by atoms with Gasteiger partial charge in [0.05, 0.1) is 5.54 Å². The van der Waals surface area contributed by atoms with Gasteiger partial charge in [0, 0.05) is 59.7 Å². The first-order chi connectivity index (χ1) is 19.4. The Kier molecular flexibility index (Phi) is 11.4. The van der Waals surface area contributed by atoms with E-state index in [4.69, 9.17) is 11.5 Å². The zero-order valence-electron chi connectivity index (χ0n) is 29.4. The Morgan fingerprint density at radius 3 is 1.48 bits per heavy atom. The molecular formula is C38H58InN2O3. The third-order valence-corrected chi connectivity index (χ3v) is 9.01. The second kappa shape index (κ2) is 13.1. The molecule has 0 spiro atoms. The van der Waals surface area contributed by atoms with Crippen LogP contribution >= 0.6 is 0 Å². The van der Waals surface area contributed by atoms with E-state index in [1.54, 1.807) is 6.08 Å². The minimum Gasteiger partial charge on any atom is -0.508 e. The van der Waals surface area contributed by atoms with Crippen LogP contribution in [0.1, 0.15) is 142 Å². The van der Waals surface area contributed by atoms with Gasteiger partial charge in [0.1, 0.15) is 17.3 Å². The van der Waals surface area contributed by atoms with Crippen molar-refractivity contribution in [2.75, 3.05) is 0 Å². The molecule has 1 saturated carbocycles.